The number of hydrogen-bond acceptors (Lipinski definition) is 4. The minimum absolute atomic E-state index is 0.0307. The predicted molar refractivity (Wildman–Crippen MR) is 82.6 cm³/mol. The highest BCUT2D eigenvalue weighted by Crippen LogP contribution is 2.30. The third-order valence-electron chi connectivity index (χ3n) is 3.18. The summed E-state index contributed by atoms with van der Waals surface area (Å²) in [6.45, 7) is 1.88. The van der Waals surface area contributed by atoms with Gasteiger partial charge < -0.3 is 5.32 Å². The molecule has 0 atom stereocenters. The van der Waals surface area contributed by atoms with Gasteiger partial charge in [0.1, 0.15) is 0 Å². The zero-order valence-corrected chi connectivity index (χ0v) is 12.4. The first-order chi connectivity index (χ1) is 10.1. The first kappa shape index (κ1) is 13.8. The molecule has 1 aliphatic rings. The van der Waals surface area contributed by atoms with E-state index in [1.807, 2.05) is 12.3 Å². The van der Waals surface area contributed by atoms with E-state index in [2.05, 4.69) is 15.6 Å². The summed E-state index contributed by atoms with van der Waals surface area (Å²) in [4.78, 5) is 28.1. The minimum Gasteiger partial charge on any atom is -0.326 e. The number of hydrogen-bond donors (Lipinski definition) is 2. The molecule has 1 aliphatic carbocycles. The van der Waals surface area contributed by atoms with Gasteiger partial charge in [0.15, 0.2) is 5.13 Å². The lowest BCUT2D eigenvalue weighted by molar-refractivity contribution is -0.117. The van der Waals surface area contributed by atoms with E-state index >= 15 is 0 Å². The van der Waals surface area contributed by atoms with Crippen LogP contribution in [0.1, 0.15) is 28.9 Å². The van der Waals surface area contributed by atoms with E-state index < -0.39 is 0 Å². The van der Waals surface area contributed by atoms with Crippen LogP contribution in [0, 0.1) is 12.8 Å². The zero-order valence-electron chi connectivity index (χ0n) is 11.6. The van der Waals surface area contributed by atoms with E-state index in [9.17, 15) is 9.59 Å². The molecule has 2 N–H and O–H groups in total. The molecule has 2 aromatic rings. The van der Waals surface area contributed by atoms with Gasteiger partial charge in [-0.2, -0.15) is 0 Å². The Balaban J connectivity index is 1.69. The van der Waals surface area contributed by atoms with Crippen molar-refractivity contribution in [3.8, 4) is 0 Å². The molecule has 2 amide bonds. The van der Waals surface area contributed by atoms with Gasteiger partial charge in [0.25, 0.3) is 5.91 Å². The Kier molecular flexibility index (Phi) is 3.70. The highest BCUT2D eigenvalue weighted by atomic mass is 32.1. The Hall–Kier alpha value is -2.21. The maximum atomic E-state index is 12.2. The molecule has 108 valence electrons. The van der Waals surface area contributed by atoms with Crippen molar-refractivity contribution in [2.24, 2.45) is 5.92 Å². The zero-order chi connectivity index (χ0) is 14.8. The molecule has 0 saturated heterocycles. The number of thiazole rings is 1. The number of rotatable bonds is 4. The predicted octanol–water partition coefficient (Wildman–Crippen LogP) is 3.05. The molecule has 6 heteroatoms. The number of benzene rings is 1. The molecule has 0 spiro atoms. The van der Waals surface area contributed by atoms with Crippen molar-refractivity contribution in [2.75, 3.05) is 10.6 Å². The van der Waals surface area contributed by atoms with Crippen LogP contribution < -0.4 is 10.6 Å². The number of carbonyl (C=O) groups excluding carboxylic acids is 2. The molecule has 0 aliphatic heterocycles. The topological polar surface area (TPSA) is 71.1 Å². The molecule has 1 saturated carbocycles. The second-order valence-electron chi connectivity index (χ2n) is 5.09. The fraction of sp³-hybridized carbons (Fsp3) is 0.267. The molecule has 1 heterocycles. The SMILES string of the molecule is Cc1csc(NC(=O)c2cccc(NC(=O)C3CC3)c2)n1. The Morgan fingerprint density at radius 3 is 2.76 bits per heavy atom. The normalized spacial score (nSPS) is 13.8. The summed E-state index contributed by atoms with van der Waals surface area (Å²) in [5, 5.41) is 8.04. The smallest absolute Gasteiger partial charge is 0.257 e. The second-order valence-corrected chi connectivity index (χ2v) is 5.95. The van der Waals surface area contributed by atoms with Crippen LogP contribution >= 0.6 is 11.3 Å². The fourth-order valence-corrected chi connectivity index (χ4v) is 2.59. The third-order valence-corrected chi connectivity index (χ3v) is 4.06. The third kappa shape index (κ3) is 3.46. The Bertz CT molecular complexity index is 692. The molecule has 0 unspecified atom stereocenters. The first-order valence-electron chi connectivity index (χ1n) is 6.76. The van der Waals surface area contributed by atoms with E-state index in [4.69, 9.17) is 0 Å². The summed E-state index contributed by atoms with van der Waals surface area (Å²) in [7, 11) is 0. The van der Waals surface area contributed by atoms with Gasteiger partial charge in [-0.05, 0) is 38.0 Å². The number of aromatic nitrogens is 1. The van der Waals surface area contributed by atoms with Crippen LogP contribution in [0.3, 0.4) is 0 Å². The van der Waals surface area contributed by atoms with Crippen LogP contribution in [0.5, 0.6) is 0 Å². The average molecular weight is 301 g/mol. The average Bonchev–Trinajstić information content (AvgIpc) is 3.23. The lowest BCUT2D eigenvalue weighted by Crippen LogP contribution is -2.15. The van der Waals surface area contributed by atoms with Gasteiger partial charge >= 0.3 is 0 Å². The lowest BCUT2D eigenvalue weighted by atomic mass is 10.2. The summed E-state index contributed by atoms with van der Waals surface area (Å²) in [5.41, 5.74) is 2.02. The van der Waals surface area contributed by atoms with Gasteiger partial charge in [0.05, 0.1) is 5.69 Å². The highest BCUT2D eigenvalue weighted by molar-refractivity contribution is 7.13. The first-order valence-corrected chi connectivity index (χ1v) is 7.64. The molecule has 0 radical (unpaired) electrons. The molecule has 5 nitrogen and oxygen atoms in total. The number of anilines is 2. The van der Waals surface area contributed by atoms with E-state index in [1.54, 1.807) is 24.3 Å². The van der Waals surface area contributed by atoms with Gasteiger partial charge in [0, 0.05) is 22.5 Å². The Morgan fingerprint density at radius 2 is 2.10 bits per heavy atom. The second kappa shape index (κ2) is 5.65. The molecule has 1 aromatic heterocycles. The largest absolute Gasteiger partial charge is 0.326 e. The van der Waals surface area contributed by atoms with Crippen molar-refractivity contribution < 1.29 is 9.59 Å². The molecule has 3 rings (SSSR count). The summed E-state index contributed by atoms with van der Waals surface area (Å²) in [6, 6.07) is 6.92. The summed E-state index contributed by atoms with van der Waals surface area (Å²) < 4.78 is 0. The summed E-state index contributed by atoms with van der Waals surface area (Å²) >= 11 is 1.39. The number of carbonyl (C=O) groups is 2. The summed E-state index contributed by atoms with van der Waals surface area (Å²) in [6.07, 6.45) is 1.91. The Labute approximate surface area is 126 Å². The van der Waals surface area contributed by atoms with E-state index in [-0.39, 0.29) is 17.7 Å². The quantitative estimate of drug-likeness (QED) is 0.911. The molecule has 0 bridgehead atoms. The van der Waals surface area contributed by atoms with Gasteiger partial charge in [-0.3, -0.25) is 14.9 Å². The molecule has 21 heavy (non-hydrogen) atoms. The van der Waals surface area contributed by atoms with Crippen molar-refractivity contribution in [2.45, 2.75) is 19.8 Å². The van der Waals surface area contributed by atoms with Crippen molar-refractivity contribution in [3.05, 3.63) is 40.9 Å². The number of aryl methyl sites for hydroxylation is 1. The van der Waals surface area contributed by atoms with Crippen molar-refractivity contribution in [1.29, 1.82) is 0 Å². The minimum atomic E-state index is -0.230. The molecular weight excluding hydrogens is 286 g/mol. The van der Waals surface area contributed by atoms with Gasteiger partial charge in [-0.1, -0.05) is 6.07 Å². The summed E-state index contributed by atoms with van der Waals surface area (Å²) in [5.74, 6) is -0.0595. The van der Waals surface area contributed by atoms with Gasteiger partial charge in [0.2, 0.25) is 5.91 Å². The van der Waals surface area contributed by atoms with E-state index in [0.717, 1.165) is 18.5 Å². The van der Waals surface area contributed by atoms with Crippen molar-refractivity contribution in [3.63, 3.8) is 0 Å². The molecule has 1 aromatic carbocycles. The fourth-order valence-electron chi connectivity index (χ4n) is 1.91. The van der Waals surface area contributed by atoms with E-state index in [0.29, 0.717) is 16.4 Å². The molecule has 1 fully saturated rings. The van der Waals surface area contributed by atoms with Crippen molar-refractivity contribution >= 4 is 34.0 Å². The van der Waals surface area contributed by atoms with Gasteiger partial charge in [-0.25, -0.2) is 4.98 Å². The highest BCUT2D eigenvalue weighted by Gasteiger charge is 2.29. The van der Waals surface area contributed by atoms with Crippen LogP contribution in [0.15, 0.2) is 29.6 Å². The molecular formula is C15H15N3O2S. The van der Waals surface area contributed by atoms with Crippen molar-refractivity contribution in [1.82, 2.24) is 4.98 Å². The monoisotopic (exact) mass is 301 g/mol. The lowest BCUT2D eigenvalue weighted by Gasteiger charge is -2.06. The standard InChI is InChI=1S/C15H15N3O2S/c1-9-8-21-15(16-9)18-14(20)11-3-2-4-12(7-11)17-13(19)10-5-6-10/h2-4,7-8,10H,5-6H2,1H3,(H,17,19)(H,16,18,20). The van der Waals surface area contributed by atoms with Crippen LogP contribution in [-0.2, 0) is 4.79 Å². The van der Waals surface area contributed by atoms with Crippen LogP contribution in [0.2, 0.25) is 0 Å². The number of nitrogens with one attached hydrogen (secondary N) is 2. The number of amides is 2. The maximum absolute atomic E-state index is 12.2. The van der Waals surface area contributed by atoms with Crippen LogP contribution in [-0.4, -0.2) is 16.8 Å². The maximum Gasteiger partial charge on any atom is 0.257 e. The van der Waals surface area contributed by atoms with E-state index in [1.165, 1.54) is 11.3 Å². The Morgan fingerprint density at radius 1 is 1.29 bits per heavy atom. The van der Waals surface area contributed by atoms with Gasteiger partial charge in [-0.15, -0.1) is 11.3 Å². The number of nitrogens with zero attached hydrogens (tertiary/aromatic N) is 1. The van der Waals surface area contributed by atoms with Crippen LogP contribution in [0.4, 0.5) is 10.8 Å². The van der Waals surface area contributed by atoms with Crippen LogP contribution in [0.25, 0.3) is 0 Å².